The van der Waals surface area contributed by atoms with Crippen molar-refractivity contribution in [1.29, 1.82) is 0 Å². The summed E-state index contributed by atoms with van der Waals surface area (Å²) < 4.78 is 23.6. The van der Waals surface area contributed by atoms with Gasteiger partial charge in [-0.3, -0.25) is 9.36 Å². The van der Waals surface area contributed by atoms with Crippen LogP contribution in [0.1, 0.15) is 6.23 Å². The number of aromatic nitrogens is 2. The van der Waals surface area contributed by atoms with Gasteiger partial charge in [0.05, 0.1) is 6.61 Å². The molecule has 0 saturated carbocycles. The minimum atomic E-state index is -2.20. The highest BCUT2D eigenvalue weighted by atomic mass is 31.1. The van der Waals surface area contributed by atoms with Crippen LogP contribution in [0.4, 0.5) is 0 Å². The molecule has 0 amide bonds. The number of hydrogen-bond acceptors (Lipinski definition) is 7. The summed E-state index contributed by atoms with van der Waals surface area (Å²) in [6.07, 6.45) is -2.80. The van der Waals surface area contributed by atoms with Gasteiger partial charge in [0.15, 0.2) is 12.9 Å². The van der Waals surface area contributed by atoms with Gasteiger partial charge in [0.1, 0.15) is 18.3 Å². The van der Waals surface area contributed by atoms with Gasteiger partial charge in [-0.2, -0.15) is 0 Å². The number of nitrogens with zero attached hydrogens (tertiary/aromatic N) is 2. The second kappa shape index (κ2) is 6.17. The van der Waals surface area contributed by atoms with Gasteiger partial charge >= 0.3 is 13.6 Å². The maximum atomic E-state index is 12.2. The Labute approximate surface area is 120 Å². The van der Waals surface area contributed by atoms with E-state index in [1.54, 1.807) is 0 Å². The molecule has 0 radical (unpaired) electrons. The fourth-order valence-corrected chi connectivity index (χ4v) is 2.97. The number of ether oxygens (including phenoxy) is 2. The fourth-order valence-electron chi connectivity index (χ4n) is 2.28. The van der Waals surface area contributed by atoms with Crippen LogP contribution in [0.5, 0.6) is 0 Å². The normalized spacial score (nSPS) is 29.6. The van der Waals surface area contributed by atoms with Crippen molar-refractivity contribution in [3.05, 3.63) is 33.1 Å². The maximum absolute atomic E-state index is 12.2. The quantitative estimate of drug-likeness (QED) is 0.648. The molecular weight excluding hydrogens is 303 g/mol. The molecule has 5 atom stereocenters. The van der Waals surface area contributed by atoms with Gasteiger partial charge in [-0.05, 0) is 8.90 Å². The van der Waals surface area contributed by atoms with E-state index in [4.69, 9.17) is 14.6 Å². The highest BCUT2D eigenvalue weighted by Crippen LogP contribution is 2.30. The molecule has 116 valence electrons. The van der Waals surface area contributed by atoms with Crippen LogP contribution < -0.4 is 11.2 Å². The Morgan fingerprint density at radius 1 is 1.48 bits per heavy atom. The third kappa shape index (κ3) is 2.70. The second-order valence-electron chi connectivity index (χ2n) is 4.56. The van der Waals surface area contributed by atoms with E-state index in [1.807, 2.05) is 0 Å². The first-order valence-electron chi connectivity index (χ1n) is 6.15. The molecule has 1 aromatic heterocycles. The Hall–Kier alpha value is -1.38. The van der Waals surface area contributed by atoms with Crippen LogP contribution >= 0.6 is 7.95 Å². The molecule has 0 bridgehead atoms. The van der Waals surface area contributed by atoms with Crippen LogP contribution in [0.25, 0.3) is 0 Å². The zero-order valence-electron chi connectivity index (χ0n) is 11.4. The zero-order chi connectivity index (χ0) is 15.7. The van der Waals surface area contributed by atoms with Crippen molar-refractivity contribution in [2.45, 2.75) is 24.5 Å². The first kappa shape index (κ1) is 16.0. The average Bonchev–Trinajstić information content (AvgIpc) is 2.74. The molecule has 0 aliphatic carbocycles. The van der Waals surface area contributed by atoms with Gasteiger partial charge in [0, 0.05) is 19.4 Å². The third-order valence-electron chi connectivity index (χ3n) is 3.31. The van der Waals surface area contributed by atoms with Crippen molar-refractivity contribution in [3.8, 4) is 0 Å². The summed E-state index contributed by atoms with van der Waals surface area (Å²) in [5.41, 5.74) is -1.52. The summed E-state index contributed by atoms with van der Waals surface area (Å²) in [4.78, 5) is 23.8. The molecule has 21 heavy (non-hydrogen) atoms. The molecular formula is C11H16N2O7P+. The Kier molecular flexibility index (Phi) is 4.70. The van der Waals surface area contributed by atoms with Crippen LogP contribution in [0.3, 0.4) is 0 Å². The van der Waals surface area contributed by atoms with Crippen molar-refractivity contribution in [3.63, 3.8) is 0 Å². The van der Waals surface area contributed by atoms with Crippen molar-refractivity contribution in [2.24, 2.45) is 0 Å². The SMILES string of the molecule is CO[C@H]1[C@H](O)[C@@H](CO)O[C@H]1n1ccc(=O)n([P+](C)=O)c1=O. The van der Waals surface area contributed by atoms with E-state index in [0.29, 0.717) is 4.34 Å². The minimum Gasteiger partial charge on any atom is -0.394 e. The van der Waals surface area contributed by atoms with Crippen LogP contribution in [-0.4, -0.2) is 57.8 Å². The first-order chi connectivity index (χ1) is 9.92. The fraction of sp³-hybridized carbons (Fsp3) is 0.636. The van der Waals surface area contributed by atoms with E-state index in [9.17, 15) is 19.3 Å². The predicted molar refractivity (Wildman–Crippen MR) is 71.7 cm³/mol. The molecule has 10 heteroatoms. The topological polar surface area (TPSA) is 120 Å². The lowest BCUT2D eigenvalue weighted by Gasteiger charge is -2.20. The molecule has 2 N–H and O–H groups in total. The lowest BCUT2D eigenvalue weighted by Crippen LogP contribution is -2.41. The van der Waals surface area contributed by atoms with Crippen molar-refractivity contribution < 1.29 is 24.3 Å². The summed E-state index contributed by atoms with van der Waals surface area (Å²) in [6, 6.07) is 1.08. The second-order valence-corrected chi connectivity index (χ2v) is 5.89. The predicted octanol–water partition coefficient (Wildman–Crippen LogP) is -1.50. The molecule has 1 saturated heterocycles. The number of rotatable bonds is 4. The molecule has 1 aliphatic heterocycles. The first-order valence-corrected chi connectivity index (χ1v) is 7.80. The standard InChI is InChI=1S/C11H16N2O7P/c1-19-9-8(16)6(5-14)20-10(9)12-4-3-7(15)13(11(12)17)21(2)18/h3-4,6,8-10,14,16H,5H2,1-2H3/q+1/t6-,8-,9+,10-/m1/s1. The summed E-state index contributed by atoms with van der Waals surface area (Å²) in [5.74, 6) is 0. The van der Waals surface area contributed by atoms with Gasteiger partial charge in [-0.25, -0.2) is 4.79 Å². The Morgan fingerprint density at radius 3 is 2.67 bits per heavy atom. The van der Waals surface area contributed by atoms with Gasteiger partial charge in [0.2, 0.25) is 0 Å². The minimum absolute atomic E-state index is 0.450. The Balaban J connectivity index is 2.52. The van der Waals surface area contributed by atoms with Crippen LogP contribution in [0.2, 0.25) is 0 Å². The van der Waals surface area contributed by atoms with E-state index in [2.05, 4.69) is 0 Å². The van der Waals surface area contributed by atoms with Crippen LogP contribution in [0, 0.1) is 0 Å². The highest BCUT2D eigenvalue weighted by molar-refractivity contribution is 7.41. The molecule has 0 spiro atoms. The maximum Gasteiger partial charge on any atom is 0.471 e. The van der Waals surface area contributed by atoms with Crippen molar-refractivity contribution in [2.75, 3.05) is 20.4 Å². The molecule has 1 unspecified atom stereocenters. The summed E-state index contributed by atoms with van der Waals surface area (Å²) >= 11 is 0. The van der Waals surface area contributed by atoms with Gasteiger partial charge in [-0.1, -0.05) is 0 Å². The lowest BCUT2D eigenvalue weighted by atomic mass is 10.1. The number of aliphatic hydroxyl groups is 2. The molecule has 0 aromatic carbocycles. The van der Waals surface area contributed by atoms with Crippen LogP contribution in [-0.2, 0) is 14.0 Å². The lowest BCUT2D eigenvalue weighted by molar-refractivity contribution is -0.0627. The van der Waals surface area contributed by atoms with Gasteiger partial charge < -0.3 is 19.7 Å². The number of hydrogen-bond donors (Lipinski definition) is 2. The largest absolute Gasteiger partial charge is 0.471 e. The molecule has 1 aliphatic rings. The monoisotopic (exact) mass is 319 g/mol. The smallest absolute Gasteiger partial charge is 0.394 e. The van der Waals surface area contributed by atoms with Gasteiger partial charge in [-0.15, -0.1) is 0 Å². The highest BCUT2D eigenvalue weighted by Gasteiger charge is 2.45. The molecule has 2 heterocycles. The molecule has 1 aromatic rings. The van der Waals surface area contributed by atoms with E-state index in [0.717, 1.165) is 10.6 Å². The summed E-state index contributed by atoms with van der Waals surface area (Å²) in [6.45, 7) is 0.783. The van der Waals surface area contributed by atoms with Crippen LogP contribution in [0.15, 0.2) is 21.9 Å². The van der Waals surface area contributed by atoms with Gasteiger partial charge in [0.25, 0.3) is 5.56 Å². The Morgan fingerprint density at radius 2 is 2.14 bits per heavy atom. The third-order valence-corrected chi connectivity index (χ3v) is 4.24. The number of methoxy groups -OCH3 is 1. The average molecular weight is 319 g/mol. The summed E-state index contributed by atoms with van der Waals surface area (Å²) in [7, 11) is -0.875. The number of aliphatic hydroxyl groups excluding tert-OH is 2. The van der Waals surface area contributed by atoms with Crippen molar-refractivity contribution >= 4 is 7.95 Å². The van der Waals surface area contributed by atoms with Crippen molar-refractivity contribution in [1.82, 2.24) is 8.90 Å². The molecule has 2 rings (SSSR count). The van der Waals surface area contributed by atoms with E-state index < -0.39 is 50.3 Å². The van der Waals surface area contributed by atoms with E-state index in [-0.39, 0.29) is 0 Å². The molecule has 1 fully saturated rings. The van der Waals surface area contributed by atoms with E-state index in [1.165, 1.54) is 20.0 Å². The Bertz CT molecular complexity index is 655. The summed E-state index contributed by atoms with van der Waals surface area (Å²) in [5, 5.41) is 19.1. The molecule has 9 nitrogen and oxygen atoms in total. The zero-order valence-corrected chi connectivity index (χ0v) is 12.3. The van der Waals surface area contributed by atoms with E-state index >= 15 is 0 Å².